The van der Waals surface area contributed by atoms with Crippen LogP contribution in [0.25, 0.3) is 0 Å². The van der Waals surface area contributed by atoms with Crippen LogP contribution < -0.4 is 10.6 Å². The van der Waals surface area contributed by atoms with Gasteiger partial charge in [-0.3, -0.25) is 4.79 Å². The molecule has 30 heavy (non-hydrogen) atoms. The van der Waals surface area contributed by atoms with Crippen LogP contribution in [-0.4, -0.2) is 43.3 Å². The second-order valence-electron chi connectivity index (χ2n) is 7.70. The maximum atomic E-state index is 12.6. The number of carbonyl (C=O) groups excluding carboxylic acids is 2. The van der Waals surface area contributed by atoms with Crippen LogP contribution in [0.5, 0.6) is 0 Å². The lowest BCUT2D eigenvalue weighted by molar-refractivity contribution is -0.123. The van der Waals surface area contributed by atoms with E-state index in [1.54, 1.807) is 26.2 Å². The summed E-state index contributed by atoms with van der Waals surface area (Å²) >= 11 is 1.24. The van der Waals surface area contributed by atoms with Gasteiger partial charge in [-0.25, -0.2) is 18.2 Å². The van der Waals surface area contributed by atoms with Crippen LogP contribution in [0.1, 0.15) is 37.0 Å². The Labute approximate surface area is 181 Å². The fourth-order valence-corrected chi connectivity index (χ4v) is 4.57. The van der Waals surface area contributed by atoms with Crippen LogP contribution in [-0.2, 0) is 38.1 Å². The molecule has 0 aliphatic carbocycles. The number of aromatic nitrogens is 1. The number of alkyl carbamates (subject to hydrolysis) is 1. The molecule has 2 aromatic rings. The van der Waals surface area contributed by atoms with Crippen molar-refractivity contribution in [3.63, 3.8) is 0 Å². The zero-order valence-corrected chi connectivity index (χ0v) is 19.1. The first-order valence-corrected chi connectivity index (χ1v) is 11.9. The average molecular weight is 454 g/mol. The first kappa shape index (κ1) is 23.8. The third-order valence-electron chi connectivity index (χ3n) is 4.37. The van der Waals surface area contributed by atoms with Crippen LogP contribution in [0.3, 0.4) is 0 Å². The van der Waals surface area contributed by atoms with E-state index in [-0.39, 0.29) is 18.2 Å². The third-order valence-corrected chi connectivity index (χ3v) is 7.97. The van der Waals surface area contributed by atoms with E-state index in [4.69, 9.17) is 0 Å². The molecule has 0 bridgehead atoms. The van der Waals surface area contributed by atoms with E-state index in [9.17, 15) is 18.0 Å². The number of benzene rings is 1. The van der Waals surface area contributed by atoms with E-state index in [0.29, 0.717) is 17.1 Å². The number of nitrogens with one attached hydrogen (secondary N) is 2. The molecule has 0 fully saturated rings. The predicted octanol–water partition coefficient (Wildman–Crippen LogP) is 2.44. The molecule has 0 saturated heterocycles. The lowest BCUT2D eigenvalue weighted by Gasteiger charge is -2.18. The van der Waals surface area contributed by atoms with E-state index in [0.717, 1.165) is 5.56 Å². The highest BCUT2D eigenvalue weighted by Crippen LogP contribution is 2.22. The Morgan fingerprint density at radius 1 is 1.20 bits per heavy atom. The molecular weight excluding hydrogens is 426 g/mol. The van der Waals surface area contributed by atoms with Gasteiger partial charge in [0, 0.05) is 11.8 Å². The summed E-state index contributed by atoms with van der Waals surface area (Å²) in [6.07, 6.45) is -0.400. The molecule has 2 rings (SSSR count). The van der Waals surface area contributed by atoms with Crippen molar-refractivity contribution in [2.75, 3.05) is 7.11 Å². The summed E-state index contributed by atoms with van der Waals surface area (Å²) in [5.41, 5.74) is 1.45. The Morgan fingerprint density at radius 3 is 2.47 bits per heavy atom. The largest absolute Gasteiger partial charge is 0.453 e. The van der Waals surface area contributed by atoms with Crippen LogP contribution in [0.15, 0.2) is 35.7 Å². The number of hydrogen-bond donors (Lipinski definition) is 2. The quantitative estimate of drug-likeness (QED) is 0.634. The summed E-state index contributed by atoms with van der Waals surface area (Å²) in [7, 11) is -2.10. The number of rotatable bonds is 8. The van der Waals surface area contributed by atoms with Gasteiger partial charge in [0.1, 0.15) is 16.8 Å². The van der Waals surface area contributed by atoms with Crippen molar-refractivity contribution in [1.82, 2.24) is 15.6 Å². The van der Waals surface area contributed by atoms with E-state index < -0.39 is 26.7 Å². The summed E-state index contributed by atoms with van der Waals surface area (Å²) in [6.45, 7) is 5.08. The Kier molecular flexibility index (Phi) is 7.96. The normalized spacial score (nSPS) is 12.8. The van der Waals surface area contributed by atoms with E-state index in [2.05, 4.69) is 20.4 Å². The van der Waals surface area contributed by atoms with Crippen LogP contribution in [0.2, 0.25) is 0 Å². The van der Waals surface area contributed by atoms with Gasteiger partial charge in [0.15, 0.2) is 9.84 Å². The number of carbonyl (C=O) groups is 2. The third kappa shape index (κ3) is 6.81. The van der Waals surface area contributed by atoms with Crippen molar-refractivity contribution >= 4 is 33.2 Å². The molecule has 8 nitrogen and oxygen atoms in total. The lowest BCUT2D eigenvalue weighted by Crippen LogP contribution is -2.47. The molecule has 0 radical (unpaired) electrons. The molecule has 0 saturated carbocycles. The van der Waals surface area contributed by atoms with Crippen LogP contribution >= 0.6 is 11.3 Å². The molecule has 2 N–H and O–H groups in total. The Bertz CT molecular complexity index is 966. The molecular formula is C20H27N3O5S2. The maximum absolute atomic E-state index is 12.6. The Hall–Kier alpha value is -2.46. The van der Waals surface area contributed by atoms with Gasteiger partial charge < -0.3 is 15.4 Å². The predicted molar refractivity (Wildman–Crippen MR) is 116 cm³/mol. The smallest absolute Gasteiger partial charge is 0.407 e. The van der Waals surface area contributed by atoms with E-state index in [1.807, 2.05) is 30.3 Å². The fraction of sp³-hybridized carbons (Fsp3) is 0.450. The maximum Gasteiger partial charge on any atom is 0.407 e. The fourth-order valence-electron chi connectivity index (χ4n) is 2.44. The minimum Gasteiger partial charge on any atom is -0.453 e. The summed E-state index contributed by atoms with van der Waals surface area (Å²) in [6, 6.07) is 8.48. The number of hydrogen-bond acceptors (Lipinski definition) is 7. The van der Waals surface area contributed by atoms with Gasteiger partial charge in [0.25, 0.3) is 0 Å². The molecule has 1 heterocycles. The van der Waals surface area contributed by atoms with Crippen LogP contribution in [0.4, 0.5) is 4.79 Å². The molecule has 1 aromatic carbocycles. The van der Waals surface area contributed by atoms with Crippen molar-refractivity contribution in [1.29, 1.82) is 0 Å². The summed E-state index contributed by atoms with van der Waals surface area (Å²) < 4.78 is 28.4. The van der Waals surface area contributed by atoms with E-state index >= 15 is 0 Å². The number of methoxy groups -OCH3 is 1. The van der Waals surface area contributed by atoms with Gasteiger partial charge in [-0.2, -0.15) is 0 Å². The van der Waals surface area contributed by atoms with Gasteiger partial charge in [-0.1, -0.05) is 30.3 Å². The molecule has 0 aliphatic heterocycles. The van der Waals surface area contributed by atoms with Crippen molar-refractivity contribution in [2.24, 2.45) is 0 Å². The van der Waals surface area contributed by atoms with Crippen molar-refractivity contribution < 1.29 is 22.7 Å². The molecule has 1 atom stereocenters. The summed E-state index contributed by atoms with van der Waals surface area (Å²) in [5.74, 6) is -0.531. The summed E-state index contributed by atoms with van der Waals surface area (Å²) in [5, 5.41) is 7.47. The zero-order valence-electron chi connectivity index (χ0n) is 17.5. The molecule has 164 valence electrons. The number of nitrogens with zero attached hydrogens (tertiary/aromatic N) is 1. The number of ether oxygens (including phenoxy) is 1. The lowest BCUT2D eigenvalue weighted by atomic mass is 10.1. The monoisotopic (exact) mass is 453 g/mol. The molecule has 0 unspecified atom stereocenters. The minimum absolute atomic E-state index is 0.124. The first-order chi connectivity index (χ1) is 14.0. The molecule has 2 amide bonds. The highest BCUT2D eigenvalue weighted by atomic mass is 32.2. The Morgan fingerprint density at radius 2 is 1.87 bits per heavy atom. The first-order valence-electron chi connectivity index (χ1n) is 9.33. The SMILES string of the molecule is COC(=O)N[C@@H](Cc1ccccc1)C(=O)NCc1csc(CS(=O)(=O)C(C)(C)C)n1. The van der Waals surface area contributed by atoms with Gasteiger partial charge in [-0.05, 0) is 26.3 Å². The van der Waals surface area contributed by atoms with Crippen molar-refractivity contribution in [2.45, 2.75) is 50.3 Å². The standard InChI is InChI=1S/C20H27N3O5S2/c1-20(2,3)30(26,27)13-17-22-15(12-29-17)11-21-18(24)16(23-19(25)28-4)10-14-8-6-5-7-9-14/h5-9,12,16H,10-11,13H2,1-4H3,(H,21,24)(H,23,25)/t16-/m0/s1. The zero-order chi connectivity index (χ0) is 22.4. The van der Waals surface area contributed by atoms with Gasteiger partial charge >= 0.3 is 6.09 Å². The van der Waals surface area contributed by atoms with Gasteiger partial charge in [-0.15, -0.1) is 11.3 Å². The molecule has 0 aliphatic rings. The van der Waals surface area contributed by atoms with Crippen LogP contribution in [0, 0.1) is 0 Å². The Balaban J connectivity index is 2.01. The van der Waals surface area contributed by atoms with Gasteiger partial charge in [0.05, 0.1) is 24.1 Å². The number of thiazole rings is 1. The topological polar surface area (TPSA) is 114 Å². The highest BCUT2D eigenvalue weighted by molar-refractivity contribution is 7.92. The molecule has 10 heteroatoms. The average Bonchev–Trinajstić information content (AvgIpc) is 3.12. The van der Waals surface area contributed by atoms with Crippen molar-refractivity contribution in [3.8, 4) is 0 Å². The number of sulfone groups is 1. The summed E-state index contributed by atoms with van der Waals surface area (Å²) in [4.78, 5) is 28.6. The van der Waals surface area contributed by atoms with Crippen molar-refractivity contribution in [3.05, 3.63) is 52.0 Å². The molecule has 0 spiro atoms. The number of amides is 2. The van der Waals surface area contributed by atoms with E-state index in [1.165, 1.54) is 18.4 Å². The second-order valence-corrected chi connectivity index (χ2v) is 11.4. The minimum atomic E-state index is -3.33. The highest BCUT2D eigenvalue weighted by Gasteiger charge is 2.30. The molecule has 1 aromatic heterocycles. The van der Waals surface area contributed by atoms with Gasteiger partial charge in [0.2, 0.25) is 5.91 Å². The second kappa shape index (κ2) is 10.0.